The molecule has 1 aromatic carbocycles. The van der Waals surface area contributed by atoms with Gasteiger partial charge >= 0.3 is 0 Å². The molecule has 5 heteroatoms. The van der Waals surface area contributed by atoms with Crippen LogP contribution in [0.2, 0.25) is 0 Å². The van der Waals surface area contributed by atoms with E-state index in [0.717, 1.165) is 12.0 Å². The summed E-state index contributed by atoms with van der Waals surface area (Å²) in [5, 5.41) is 10.2. The van der Waals surface area contributed by atoms with Gasteiger partial charge in [-0.05, 0) is 26.5 Å². The maximum atomic E-state index is 10.2. The van der Waals surface area contributed by atoms with Gasteiger partial charge in [-0.1, -0.05) is 13.8 Å². The van der Waals surface area contributed by atoms with Crippen molar-refractivity contribution in [3.8, 4) is 17.2 Å². The van der Waals surface area contributed by atoms with Crippen molar-refractivity contribution in [1.82, 2.24) is 4.90 Å². The van der Waals surface area contributed by atoms with E-state index in [9.17, 15) is 5.11 Å². The van der Waals surface area contributed by atoms with Gasteiger partial charge in [0, 0.05) is 36.7 Å². The summed E-state index contributed by atoms with van der Waals surface area (Å²) >= 11 is 0. The number of rotatable bonds is 4. The molecule has 1 aliphatic carbocycles. The van der Waals surface area contributed by atoms with Gasteiger partial charge in [-0.25, -0.2) is 0 Å². The van der Waals surface area contributed by atoms with Gasteiger partial charge in [-0.2, -0.15) is 0 Å². The maximum absolute atomic E-state index is 10.2. The van der Waals surface area contributed by atoms with Gasteiger partial charge in [0.05, 0.1) is 5.60 Å². The van der Waals surface area contributed by atoms with Gasteiger partial charge < -0.3 is 19.3 Å². The molecule has 1 aliphatic heterocycles. The van der Waals surface area contributed by atoms with E-state index in [4.69, 9.17) is 14.2 Å². The first-order valence-corrected chi connectivity index (χ1v) is 7.65. The van der Waals surface area contributed by atoms with Crippen LogP contribution in [0.15, 0.2) is 12.1 Å². The highest BCUT2D eigenvalue weighted by molar-refractivity contribution is 5.51. The zero-order valence-corrected chi connectivity index (χ0v) is 14.0. The zero-order chi connectivity index (χ0) is 16.1. The van der Waals surface area contributed by atoms with Gasteiger partial charge in [-0.15, -0.1) is 0 Å². The highest BCUT2D eigenvalue weighted by Crippen LogP contribution is 2.54. The van der Waals surface area contributed by atoms with Crippen LogP contribution in [0.5, 0.6) is 17.2 Å². The largest absolute Gasteiger partial charge is 0.507 e. The van der Waals surface area contributed by atoms with Gasteiger partial charge in [-0.3, -0.25) is 4.90 Å². The smallest absolute Gasteiger partial charge is 0.231 e. The van der Waals surface area contributed by atoms with Crippen molar-refractivity contribution in [3.05, 3.63) is 17.7 Å². The average molecular weight is 307 g/mol. The summed E-state index contributed by atoms with van der Waals surface area (Å²) in [6, 6.07) is 3.91. The van der Waals surface area contributed by atoms with E-state index in [-0.39, 0.29) is 23.6 Å². The summed E-state index contributed by atoms with van der Waals surface area (Å²) in [6.45, 7) is 7.52. The highest BCUT2D eigenvalue weighted by atomic mass is 16.7. The Morgan fingerprint density at radius 1 is 1.27 bits per heavy atom. The van der Waals surface area contributed by atoms with E-state index in [0.29, 0.717) is 24.1 Å². The van der Waals surface area contributed by atoms with Crippen LogP contribution in [0.1, 0.15) is 32.8 Å². The quantitative estimate of drug-likeness (QED) is 0.927. The Hall–Kier alpha value is -1.46. The van der Waals surface area contributed by atoms with Crippen LogP contribution >= 0.6 is 0 Å². The summed E-state index contributed by atoms with van der Waals surface area (Å²) in [6.07, 6.45) is 0.984. The Bertz CT molecular complexity index is 586. The molecule has 2 aliphatic rings. The van der Waals surface area contributed by atoms with Crippen molar-refractivity contribution in [2.24, 2.45) is 5.41 Å². The topological polar surface area (TPSA) is 51.2 Å². The third-order valence-electron chi connectivity index (χ3n) is 5.76. The number of phenolic OH excluding ortho intramolecular Hbond substituents is 1. The molecule has 22 heavy (non-hydrogen) atoms. The van der Waals surface area contributed by atoms with Crippen molar-refractivity contribution in [2.45, 2.75) is 45.4 Å². The molecule has 0 saturated heterocycles. The second-order valence-electron chi connectivity index (χ2n) is 7.13. The monoisotopic (exact) mass is 307 g/mol. The summed E-state index contributed by atoms with van der Waals surface area (Å²) in [7, 11) is 3.87. The van der Waals surface area contributed by atoms with E-state index in [1.165, 1.54) is 0 Å². The van der Waals surface area contributed by atoms with Crippen LogP contribution in [-0.4, -0.2) is 42.6 Å². The van der Waals surface area contributed by atoms with E-state index in [1.807, 2.05) is 6.07 Å². The van der Waals surface area contributed by atoms with Crippen LogP contribution < -0.4 is 9.47 Å². The molecule has 1 saturated carbocycles. The molecule has 0 unspecified atom stereocenters. The predicted octanol–water partition coefficient (Wildman–Crippen LogP) is 2.76. The Morgan fingerprint density at radius 3 is 2.50 bits per heavy atom. The van der Waals surface area contributed by atoms with Crippen molar-refractivity contribution in [2.75, 3.05) is 21.0 Å². The van der Waals surface area contributed by atoms with E-state index >= 15 is 0 Å². The average Bonchev–Trinajstić information content (AvgIpc) is 2.91. The molecule has 0 bridgehead atoms. The Balaban J connectivity index is 1.75. The van der Waals surface area contributed by atoms with Crippen molar-refractivity contribution < 1.29 is 19.3 Å². The first-order chi connectivity index (χ1) is 10.3. The van der Waals surface area contributed by atoms with E-state index < -0.39 is 0 Å². The molecule has 0 aromatic heterocycles. The fourth-order valence-electron chi connectivity index (χ4n) is 3.64. The first kappa shape index (κ1) is 15.4. The minimum atomic E-state index is -0.0944. The van der Waals surface area contributed by atoms with Gasteiger partial charge in [0.15, 0.2) is 11.5 Å². The SMILES string of the molecule is CO[C@]1(C)C[C@@H](N(C)Cc2cc3c(cc2O)OCO3)C1(C)C. The van der Waals surface area contributed by atoms with Crippen molar-refractivity contribution >= 4 is 0 Å². The lowest BCUT2D eigenvalue weighted by atomic mass is 9.55. The lowest BCUT2D eigenvalue weighted by molar-refractivity contribution is -0.207. The predicted molar refractivity (Wildman–Crippen MR) is 83.3 cm³/mol. The number of phenols is 1. The fraction of sp³-hybridized carbons (Fsp3) is 0.647. The number of aromatic hydroxyl groups is 1. The number of methoxy groups -OCH3 is 1. The van der Waals surface area contributed by atoms with Crippen LogP contribution in [0.4, 0.5) is 0 Å². The first-order valence-electron chi connectivity index (χ1n) is 7.65. The van der Waals surface area contributed by atoms with Crippen molar-refractivity contribution in [1.29, 1.82) is 0 Å². The Labute approximate surface area is 131 Å². The molecule has 0 radical (unpaired) electrons. The molecule has 1 N–H and O–H groups in total. The van der Waals surface area contributed by atoms with E-state index in [1.54, 1.807) is 13.2 Å². The standard InChI is InChI=1S/C17H25NO4/c1-16(2)15(8-17(16,3)20-5)18(4)9-11-6-13-14(7-12(11)19)22-10-21-13/h6-7,15,19H,8-10H2,1-5H3/t15-,17-/m1/s1. The third kappa shape index (κ3) is 2.15. The summed E-state index contributed by atoms with van der Waals surface area (Å²) in [5.74, 6) is 1.57. The number of hydrogen-bond acceptors (Lipinski definition) is 5. The molecule has 1 fully saturated rings. The number of hydrogen-bond donors (Lipinski definition) is 1. The maximum Gasteiger partial charge on any atom is 0.231 e. The lowest BCUT2D eigenvalue weighted by Gasteiger charge is -2.61. The van der Waals surface area contributed by atoms with Gasteiger partial charge in [0.1, 0.15) is 5.75 Å². The normalized spacial score (nSPS) is 28.7. The molecule has 5 nitrogen and oxygen atoms in total. The molecule has 1 aromatic rings. The van der Waals surface area contributed by atoms with E-state index in [2.05, 4.69) is 32.7 Å². The summed E-state index contributed by atoms with van der Waals surface area (Å²) in [4.78, 5) is 2.28. The fourth-order valence-corrected chi connectivity index (χ4v) is 3.64. The molecular formula is C17H25NO4. The lowest BCUT2D eigenvalue weighted by Crippen LogP contribution is -2.67. The number of ether oxygens (including phenoxy) is 3. The van der Waals surface area contributed by atoms with Gasteiger partial charge in [0.2, 0.25) is 6.79 Å². The van der Waals surface area contributed by atoms with Crippen molar-refractivity contribution in [3.63, 3.8) is 0 Å². The number of fused-ring (bicyclic) bond motifs is 1. The molecular weight excluding hydrogens is 282 g/mol. The molecule has 122 valence electrons. The summed E-state index contributed by atoms with van der Waals surface area (Å²) < 4.78 is 16.4. The Kier molecular flexibility index (Phi) is 3.53. The molecule has 1 heterocycles. The Morgan fingerprint density at radius 2 is 1.91 bits per heavy atom. The minimum absolute atomic E-state index is 0.0580. The van der Waals surface area contributed by atoms with Crippen LogP contribution in [0, 0.1) is 5.41 Å². The second kappa shape index (κ2) is 5.03. The third-order valence-corrected chi connectivity index (χ3v) is 5.76. The minimum Gasteiger partial charge on any atom is -0.507 e. The number of nitrogens with zero attached hydrogens (tertiary/aromatic N) is 1. The van der Waals surface area contributed by atoms with Crippen LogP contribution in [-0.2, 0) is 11.3 Å². The zero-order valence-electron chi connectivity index (χ0n) is 14.0. The van der Waals surface area contributed by atoms with Gasteiger partial charge in [0.25, 0.3) is 0 Å². The number of benzene rings is 1. The summed E-state index contributed by atoms with van der Waals surface area (Å²) in [5.41, 5.74) is 0.819. The highest BCUT2D eigenvalue weighted by Gasteiger charge is 2.58. The van der Waals surface area contributed by atoms with Crippen LogP contribution in [0.3, 0.4) is 0 Å². The van der Waals surface area contributed by atoms with Crippen LogP contribution in [0.25, 0.3) is 0 Å². The second-order valence-corrected chi connectivity index (χ2v) is 7.13. The molecule has 0 amide bonds. The molecule has 2 atom stereocenters. The molecule has 3 rings (SSSR count). The molecule has 0 spiro atoms.